The van der Waals surface area contributed by atoms with Crippen LogP contribution in [0.25, 0.3) is 11.1 Å². The Morgan fingerprint density at radius 3 is 2.48 bits per heavy atom. The number of carbonyl (C=O) groups is 1. The average Bonchev–Trinajstić information content (AvgIpc) is 2.72. The van der Waals surface area contributed by atoms with E-state index in [0.717, 1.165) is 29.5 Å². The van der Waals surface area contributed by atoms with Crippen molar-refractivity contribution in [3.05, 3.63) is 41.5 Å². The Labute approximate surface area is 143 Å². The molecule has 0 saturated carbocycles. The summed E-state index contributed by atoms with van der Waals surface area (Å²) in [7, 11) is 0. The van der Waals surface area contributed by atoms with Gasteiger partial charge in [0.15, 0.2) is 0 Å². The lowest BCUT2D eigenvalue weighted by molar-refractivity contribution is 0.104. The van der Waals surface area contributed by atoms with E-state index in [1.807, 2.05) is 18.2 Å². The van der Waals surface area contributed by atoms with Gasteiger partial charge < -0.3 is 9.47 Å². The Morgan fingerprint density at radius 2 is 1.83 bits per heavy atom. The van der Waals surface area contributed by atoms with E-state index in [1.54, 1.807) is 6.92 Å². The average molecular weight is 332 g/mol. The Morgan fingerprint density at radius 1 is 1.09 bits per heavy atom. The molecule has 0 amide bonds. The van der Waals surface area contributed by atoms with Crippen molar-refractivity contribution in [2.75, 3.05) is 6.61 Å². The standard InChI is InChI=1S/C19H24O3S/c1-3-5-6-7-15-12-18(22-19(20)21-4-2)17-11-9-14(13-23)8-10-16(15)17/h8-12,23H,3-7,13H2,1-2H3. The summed E-state index contributed by atoms with van der Waals surface area (Å²) in [5, 5.41) is 0. The smallest absolute Gasteiger partial charge is 0.434 e. The SMILES string of the molecule is CCCCCc1cc(OC(=O)OCC)c2ccc(CS)ccc1-2. The van der Waals surface area contributed by atoms with Crippen LogP contribution >= 0.6 is 12.6 Å². The summed E-state index contributed by atoms with van der Waals surface area (Å²) in [5.41, 5.74) is 4.42. The van der Waals surface area contributed by atoms with Crippen molar-refractivity contribution in [2.24, 2.45) is 0 Å². The van der Waals surface area contributed by atoms with Gasteiger partial charge in [0.05, 0.1) is 6.61 Å². The maximum absolute atomic E-state index is 11.7. The molecule has 124 valence electrons. The van der Waals surface area contributed by atoms with E-state index in [9.17, 15) is 4.79 Å². The van der Waals surface area contributed by atoms with Crippen molar-refractivity contribution in [3.63, 3.8) is 0 Å². The fourth-order valence-corrected chi connectivity index (χ4v) is 2.83. The molecule has 0 heterocycles. The second-order valence-corrected chi connectivity index (χ2v) is 5.82. The summed E-state index contributed by atoms with van der Waals surface area (Å²) in [6, 6.07) is 10.2. The summed E-state index contributed by atoms with van der Waals surface area (Å²) in [6.07, 6.45) is 3.84. The van der Waals surface area contributed by atoms with Gasteiger partial charge in [-0.1, -0.05) is 44.0 Å². The molecule has 0 aromatic rings. The van der Waals surface area contributed by atoms with E-state index in [1.165, 1.54) is 18.4 Å². The van der Waals surface area contributed by atoms with E-state index in [-0.39, 0.29) is 0 Å². The maximum atomic E-state index is 11.7. The van der Waals surface area contributed by atoms with Crippen LogP contribution in [0.5, 0.6) is 5.75 Å². The third-order valence-electron chi connectivity index (χ3n) is 3.82. The second-order valence-electron chi connectivity index (χ2n) is 5.50. The third kappa shape index (κ3) is 4.64. The van der Waals surface area contributed by atoms with Gasteiger partial charge in [0.25, 0.3) is 0 Å². The van der Waals surface area contributed by atoms with Crippen molar-refractivity contribution < 1.29 is 14.3 Å². The predicted molar refractivity (Wildman–Crippen MR) is 96.6 cm³/mol. The summed E-state index contributed by atoms with van der Waals surface area (Å²) in [5.74, 6) is 1.25. The monoisotopic (exact) mass is 332 g/mol. The Balaban J connectivity index is 2.35. The summed E-state index contributed by atoms with van der Waals surface area (Å²) in [6.45, 7) is 4.26. The molecule has 3 nitrogen and oxygen atoms in total. The molecule has 0 fully saturated rings. The molecule has 0 aliphatic heterocycles. The van der Waals surface area contributed by atoms with Crippen LogP contribution in [0.4, 0.5) is 4.79 Å². The molecule has 0 saturated heterocycles. The predicted octanol–water partition coefficient (Wildman–Crippen LogP) is 5.49. The summed E-state index contributed by atoms with van der Waals surface area (Å²) >= 11 is 4.33. The van der Waals surface area contributed by atoms with E-state index >= 15 is 0 Å². The summed E-state index contributed by atoms with van der Waals surface area (Å²) < 4.78 is 10.3. The fraction of sp³-hybridized carbons (Fsp3) is 0.421. The molecule has 0 aromatic heterocycles. The van der Waals surface area contributed by atoms with Crippen LogP contribution in [0.1, 0.15) is 44.2 Å². The zero-order chi connectivity index (χ0) is 16.7. The van der Waals surface area contributed by atoms with Crippen LogP contribution in [0.3, 0.4) is 0 Å². The first-order valence-electron chi connectivity index (χ1n) is 8.19. The first-order chi connectivity index (χ1) is 11.2. The maximum Gasteiger partial charge on any atom is 0.513 e. The van der Waals surface area contributed by atoms with Crippen molar-refractivity contribution >= 4 is 18.8 Å². The van der Waals surface area contributed by atoms with Crippen LogP contribution in [0.15, 0.2) is 30.3 Å². The lowest BCUT2D eigenvalue weighted by Crippen LogP contribution is -2.09. The quantitative estimate of drug-likeness (QED) is 0.414. The van der Waals surface area contributed by atoms with Gasteiger partial charge in [-0.25, -0.2) is 4.79 Å². The number of rotatable bonds is 7. The number of aryl methyl sites for hydroxylation is 1. The Bertz CT molecular complexity index is 624. The van der Waals surface area contributed by atoms with E-state index in [0.29, 0.717) is 18.1 Å². The molecule has 0 radical (unpaired) electrons. The molecule has 2 aliphatic rings. The van der Waals surface area contributed by atoms with Gasteiger partial charge in [-0.2, -0.15) is 12.6 Å². The van der Waals surface area contributed by atoms with Crippen molar-refractivity contribution in [1.29, 1.82) is 0 Å². The number of fused-ring (bicyclic) bond motifs is 1. The van der Waals surface area contributed by atoms with Crippen LogP contribution in [-0.2, 0) is 16.9 Å². The number of hydrogen-bond acceptors (Lipinski definition) is 4. The highest BCUT2D eigenvalue weighted by molar-refractivity contribution is 7.79. The normalized spacial score (nSPS) is 10.7. The van der Waals surface area contributed by atoms with Crippen LogP contribution in [-0.4, -0.2) is 12.8 Å². The molecular weight excluding hydrogens is 308 g/mol. The molecule has 0 spiro atoms. The van der Waals surface area contributed by atoms with Gasteiger partial charge in [-0.15, -0.1) is 0 Å². The minimum Gasteiger partial charge on any atom is -0.434 e. The van der Waals surface area contributed by atoms with E-state index in [4.69, 9.17) is 9.47 Å². The lowest BCUT2D eigenvalue weighted by Gasteiger charge is -2.03. The molecule has 23 heavy (non-hydrogen) atoms. The largest absolute Gasteiger partial charge is 0.513 e. The molecule has 0 N–H and O–H groups in total. The second kappa shape index (κ2) is 8.82. The number of hydrogen-bond donors (Lipinski definition) is 1. The third-order valence-corrected chi connectivity index (χ3v) is 4.19. The number of unbranched alkanes of at least 4 members (excludes halogenated alkanes) is 2. The van der Waals surface area contributed by atoms with Gasteiger partial charge in [0.2, 0.25) is 0 Å². The molecule has 2 aliphatic carbocycles. The number of carbonyl (C=O) groups excluding carboxylic acids is 1. The minimum absolute atomic E-state index is 0.304. The highest BCUT2D eigenvalue weighted by atomic mass is 32.1. The van der Waals surface area contributed by atoms with Crippen LogP contribution < -0.4 is 4.74 Å². The minimum atomic E-state index is -0.652. The van der Waals surface area contributed by atoms with Crippen LogP contribution in [0.2, 0.25) is 0 Å². The molecule has 0 unspecified atom stereocenters. The molecule has 2 rings (SSSR count). The Kier molecular flexibility index (Phi) is 6.78. The first kappa shape index (κ1) is 17.7. The Hall–Kier alpha value is -1.68. The van der Waals surface area contributed by atoms with Gasteiger partial charge in [-0.3, -0.25) is 0 Å². The van der Waals surface area contributed by atoms with Crippen molar-refractivity contribution in [2.45, 2.75) is 45.3 Å². The molecule has 0 bridgehead atoms. The van der Waals surface area contributed by atoms with Gasteiger partial charge in [0.1, 0.15) is 5.75 Å². The van der Waals surface area contributed by atoms with E-state index in [2.05, 4.69) is 31.7 Å². The molecule has 0 aromatic carbocycles. The zero-order valence-electron chi connectivity index (χ0n) is 13.8. The number of thiol groups is 1. The lowest BCUT2D eigenvalue weighted by atomic mass is 10.0. The van der Waals surface area contributed by atoms with E-state index < -0.39 is 6.16 Å². The summed E-state index contributed by atoms with van der Waals surface area (Å²) in [4.78, 5) is 11.7. The highest BCUT2D eigenvalue weighted by Gasteiger charge is 2.18. The van der Waals surface area contributed by atoms with Crippen LogP contribution in [0, 0.1) is 0 Å². The highest BCUT2D eigenvalue weighted by Crippen LogP contribution is 2.39. The molecule has 0 atom stereocenters. The zero-order valence-corrected chi connectivity index (χ0v) is 14.7. The molecular formula is C19H24O3S. The van der Waals surface area contributed by atoms with Crippen molar-refractivity contribution in [1.82, 2.24) is 0 Å². The van der Waals surface area contributed by atoms with Gasteiger partial charge in [0, 0.05) is 11.3 Å². The molecule has 4 heteroatoms. The fourth-order valence-electron chi connectivity index (χ4n) is 2.62. The van der Waals surface area contributed by atoms with Gasteiger partial charge in [-0.05, 0) is 42.5 Å². The number of ether oxygens (including phenoxy) is 2. The first-order valence-corrected chi connectivity index (χ1v) is 8.82. The topological polar surface area (TPSA) is 35.5 Å². The van der Waals surface area contributed by atoms with Gasteiger partial charge >= 0.3 is 6.16 Å². The van der Waals surface area contributed by atoms with Crippen molar-refractivity contribution in [3.8, 4) is 16.9 Å².